The number of hydrogen-bond acceptors (Lipinski definition) is 3. The Bertz CT molecular complexity index is 392. The van der Waals surface area contributed by atoms with Crippen LogP contribution in [0.4, 0.5) is 5.69 Å². The lowest BCUT2D eigenvalue weighted by atomic mass is 10.1. The number of para-hydroxylation sites is 1. The molecule has 86 valence electrons. The normalized spacial score (nSPS) is 20.1. The summed E-state index contributed by atoms with van der Waals surface area (Å²) in [5, 5.41) is 16.7. The van der Waals surface area contributed by atoms with Crippen molar-refractivity contribution in [3.05, 3.63) is 29.8 Å². The number of rotatable bonds is 3. The Kier molecular flexibility index (Phi) is 3.10. The van der Waals surface area contributed by atoms with Crippen LogP contribution in [-0.4, -0.2) is 30.6 Å². The highest BCUT2D eigenvalue weighted by Crippen LogP contribution is 2.26. The smallest absolute Gasteiger partial charge is 0.124 e. The first-order valence-electron chi connectivity index (χ1n) is 5.51. The zero-order valence-electron chi connectivity index (χ0n) is 9.19. The summed E-state index contributed by atoms with van der Waals surface area (Å²) < 4.78 is 0. The molecule has 0 bridgehead atoms. The average molecular weight is 219 g/mol. The molecule has 1 saturated heterocycles. The number of hydrogen-bond donors (Lipinski definition) is 3. The van der Waals surface area contributed by atoms with E-state index in [-0.39, 0.29) is 12.4 Å². The summed E-state index contributed by atoms with van der Waals surface area (Å²) in [6.45, 7) is 2.01. The number of anilines is 1. The maximum Gasteiger partial charge on any atom is 0.124 e. The van der Waals surface area contributed by atoms with Crippen LogP contribution in [0.15, 0.2) is 24.3 Å². The Hall–Kier alpha value is -1.55. The first kappa shape index (κ1) is 11.0. The highest BCUT2D eigenvalue weighted by atomic mass is 16.3. The van der Waals surface area contributed by atoms with Crippen molar-refractivity contribution < 1.29 is 5.11 Å². The van der Waals surface area contributed by atoms with Crippen LogP contribution < -0.4 is 10.6 Å². The Morgan fingerprint density at radius 2 is 2.25 bits per heavy atom. The van der Waals surface area contributed by atoms with E-state index < -0.39 is 0 Å². The van der Waals surface area contributed by atoms with Crippen LogP contribution in [-0.2, 0) is 0 Å². The third-order valence-electron chi connectivity index (χ3n) is 3.08. The lowest BCUT2D eigenvalue weighted by Gasteiger charge is -2.21. The van der Waals surface area contributed by atoms with Crippen molar-refractivity contribution in [3.63, 3.8) is 0 Å². The van der Waals surface area contributed by atoms with E-state index in [2.05, 4.69) is 4.90 Å². The summed E-state index contributed by atoms with van der Waals surface area (Å²) in [6.07, 6.45) is 1.00. The average Bonchev–Trinajstić information content (AvgIpc) is 2.77. The van der Waals surface area contributed by atoms with Gasteiger partial charge in [-0.05, 0) is 18.6 Å². The Morgan fingerprint density at radius 1 is 1.50 bits per heavy atom. The van der Waals surface area contributed by atoms with Gasteiger partial charge in [-0.15, -0.1) is 0 Å². The molecule has 0 aromatic heterocycles. The van der Waals surface area contributed by atoms with Crippen molar-refractivity contribution in [2.45, 2.75) is 6.42 Å². The van der Waals surface area contributed by atoms with Gasteiger partial charge in [0.25, 0.3) is 0 Å². The lowest BCUT2D eigenvalue weighted by molar-refractivity contribution is 0.238. The molecular weight excluding hydrogens is 202 g/mol. The number of nitrogen functional groups attached to an aromatic ring is 1. The molecule has 4 nitrogen and oxygen atoms in total. The van der Waals surface area contributed by atoms with Crippen LogP contribution in [0.1, 0.15) is 12.0 Å². The first-order chi connectivity index (χ1) is 7.72. The van der Waals surface area contributed by atoms with Crippen molar-refractivity contribution >= 4 is 11.5 Å². The highest BCUT2D eigenvalue weighted by Gasteiger charge is 2.23. The molecule has 1 fully saturated rings. The third-order valence-corrected chi connectivity index (χ3v) is 3.08. The molecule has 1 aliphatic rings. The fourth-order valence-electron chi connectivity index (χ4n) is 2.18. The van der Waals surface area contributed by atoms with E-state index in [0.717, 1.165) is 30.8 Å². The minimum absolute atomic E-state index is 0.100. The van der Waals surface area contributed by atoms with Gasteiger partial charge >= 0.3 is 0 Å². The van der Waals surface area contributed by atoms with E-state index in [1.54, 1.807) is 0 Å². The molecule has 2 rings (SSSR count). The molecule has 0 spiro atoms. The monoisotopic (exact) mass is 219 g/mol. The van der Waals surface area contributed by atoms with Crippen LogP contribution in [0.5, 0.6) is 0 Å². The van der Waals surface area contributed by atoms with Crippen LogP contribution in [0, 0.1) is 11.3 Å². The number of aliphatic hydroxyl groups excluding tert-OH is 1. The molecule has 1 aliphatic heterocycles. The molecule has 4 N–H and O–H groups in total. The second-order valence-electron chi connectivity index (χ2n) is 4.21. The molecule has 0 aliphatic carbocycles. The van der Waals surface area contributed by atoms with E-state index in [1.807, 2.05) is 24.3 Å². The number of nitrogens with two attached hydrogens (primary N) is 1. The summed E-state index contributed by atoms with van der Waals surface area (Å²) in [4.78, 5) is 2.19. The Morgan fingerprint density at radius 3 is 2.88 bits per heavy atom. The minimum Gasteiger partial charge on any atom is -0.396 e. The highest BCUT2D eigenvalue weighted by molar-refractivity contribution is 6.00. The summed E-state index contributed by atoms with van der Waals surface area (Å²) in [6, 6.07) is 7.69. The van der Waals surface area contributed by atoms with E-state index in [0.29, 0.717) is 5.92 Å². The van der Waals surface area contributed by atoms with Gasteiger partial charge in [0.1, 0.15) is 5.84 Å². The largest absolute Gasteiger partial charge is 0.396 e. The molecule has 16 heavy (non-hydrogen) atoms. The van der Waals surface area contributed by atoms with Gasteiger partial charge in [-0.3, -0.25) is 5.41 Å². The molecule has 1 unspecified atom stereocenters. The van der Waals surface area contributed by atoms with Gasteiger partial charge in [-0.25, -0.2) is 0 Å². The van der Waals surface area contributed by atoms with Gasteiger partial charge < -0.3 is 15.7 Å². The minimum atomic E-state index is 0.100. The number of aliphatic hydroxyl groups is 1. The van der Waals surface area contributed by atoms with E-state index in [1.165, 1.54) is 0 Å². The molecule has 0 saturated carbocycles. The molecule has 1 atom stereocenters. The zero-order chi connectivity index (χ0) is 11.5. The van der Waals surface area contributed by atoms with Gasteiger partial charge in [0, 0.05) is 36.9 Å². The lowest BCUT2D eigenvalue weighted by Crippen LogP contribution is -2.24. The molecule has 1 heterocycles. The standard InChI is InChI=1S/C12H17N3O/c13-12(14)10-3-1-2-4-11(10)15-6-5-9(7-15)8-16/h1-4,9,16H,5-8H2,(H3,13,14). The van der Waals surface area contributed by atoms with Crippen molar-refractivity contribution in [2.24, 2.45) is 11.7 Å². The van der Waals surface area contributed by atoms with Crippen molar-refractivity contribution in [1.29, 1.82) is 5.41 Å². The predicted octanol–water partition coefficient (Wildman–Crippen LogP) is 0.789. The second kappa shape index (κ2) is 4.53. The third kappa shape index (κ3) is 2.02. The van der Waals surface area contributed by atoms with E-state index >= 15 is 0 Å². The second-order valence-corrected chi connectivity index (χ2v) is 4.21. The number of nitrogens with zero attached hydrogens (tertiary/aromatic N) is 1. The molecule has 0 amide bonds. The van der Waals surface area contributed by atoms with E-state index in [9.17, 15) is 0 Å². The molecule has 0 radical (unpaired) electrons. The Balaban J connectivity index is 2.24. The van der Waals surface area contributed by atoms with Gasteiger partial charge in [0.05, 0.1) is 0 Å². The molecule has 1 aromatic carbocycles. The van der Waals surface area contributed by atoms with E-state index in [4.69, 9.17) is 16.2 Å². The first-order valence-corrected chi connectivity index (χ1v) is 5.51. The van der Waals surface area contributed by atoms with Crippen LogP contribution in [0.2, 0.25) is 0 Å². The van der Waals surface area contributed by atoms with Gasteiger partial charge in [-0.2, -0.15) is 0 Å². The Labute approximate surface area is 95.2 Å². The number of benzene rings is 1. The summed E-state index contributed by atoms with van der Waals surface area (Å²) in [5.74, 6) is 0.447. The summed E-state index contributed by atoms with van der Waals surface area (Å²) >= 11 is 0. The van der Waals surface area contributed by atoms with Crippen LogP contribution in [0.25, 0.3) is 0 Å². The number of amidine groups is 1. The molecule has 4 heteroatoms. The molecule has 1 aromatic rings. The summed E-state index contributed by atoms with van der Waals surface area (Å²) in [7, 11) is 0. The van der Waals surface area contributed by atoms with Crippen LogP contribution in [0.3, 0.4) is 0 Å². The molecular formula is C12H17N3O. The summed E-state index contributed by atoms with van der Waals surface area (Å²) in [5.41, 5.74) is 7.34. The maximum atomic E-state index is 9.12. The van der Waals surface area contributed by atoms with Gasteiger partial charge in [0.15, 0.2) is 0 Å². The fourth-order valence-corrected chi connectivity index (χ4v) is 2.18. The van der Waals surface area contributed by atoms with Crippen molar-refractivity contribution in [1.82, 2.24) is 0 Å². The van der Waals surface area contributed by atoms with Crippen molar-refractivity contribution in [3.8, 4) is 0 Å². The van der Waals surface area contributed by atoms with Gasteiger partial charge in [0.2, 0.25) is 0 Å². The topological polar surface area (TPSA) is 73.3 Å². The maximum absolute atomic E-state index is 9.12. The van der Waals surface area contributed by atoms with Crippen molar-refractivity contribution in [2.75, 3.05) is 24.6 Å². The zero-order valence-corrected chi connectivity index (χ0v) is 9.19. The number of nitrogens with one attached hydrogen (secondary N) is 1. The predicted molar refractivity (Wildman–Crippen MR) is 64.9 cm³/mol. The fraction of sp³-hybridized carbons (Fsp3) is 0.417. The quantitative estimate of drug-likeness (QED) is 0.520. The van der Waals surface area contributed by atoms with Crippen LogP contribution >= 0.6 is 0 Å². The van der Waals surface area contributed by atoms with Gasteiger partial charge in [-0.1, -0.05) is 12.1 Å². The SMILES string of the molecule is N=C(N)c1ccccc1N1CCC(CO)C1.